The van der Waals surface area contributed by atoms with Crippen molar-refractivity contribution in [2.24, 2.45) is 0 Å². The topological polar surface area (TPSA) is 33.0 Å². The maximum Gasteiger partial charge on any atom is 0.107 e. The first-order valence-electron chi connectivity index (χ1n) is 5.84. The number of rotatable bonds is 3. The summed E-state index contributed by atoms with van der Waals surface area (Å²) in [6.45, 7) is 2.06. The molecule has 0 amide bonds. The molecule has 0 saturated heterocycles. The van der Waals surface area contributed by atoms with Crippen LogP contribution in [-0.4, -0.2) is 7.11 Å². The lowest BCUT2D eigenvalue weighted by atomic mass is 9.99. The zero-order valence-electron chi connectivity index (χ0n) is 10.6. The number of hydrogen-bond acceptors (Lipinski definition) is 2. The largest absolute Gasteiger partial charge is 0.372 e. The van der Waals surface area contributed by atoms with Gasteiger partial charge in [0.05, 0.1) is 11.6 Å². The predicted octanol–water partition coefficient (Wildman–Crippen LogP) is 3.60. The molecule has 0 heterocycles. The van der Waals surface area contributed by atoms with Crippen LogP contribution in [0.1, 0.15) is 28.4 Å². The molecule has 0 N–H and O–H groups in total. The lowest BCUT2D eigenvalue weighted by Crippen LogP contribution is -2.03. The third-order valence-electron chi connectivity index (χ3n) is 2.92. The van der Waals surface area contributed by atoms with Crippen LogP contribution >= 0.6 is 0 Å². The zero-order valence-corrected chi connectivity index (χ0v) is 10.6. The summed E-state index contributed by atoms with van der Waals surface area (Å²) in [5, 5.41) is 8.80. The second kappa shape index (κ2) is 5.48. The third-order valence-corrected chi connectivity index (χ3v) is 2.92. The molecular formula is C16H15NO. The summed E-state index contributed by atoms with van der Waals surface area (Å²) < 4.78 is 5.57. The number of methoxy groups -OCH3 is 1. The normalized spacial score (nSPS) is 11.8. The number of aryl methyl sites for hydroxylation is 1. The predicted molar refractivity (Wildman–Crippen MR) is 71.2 cm³/mol. The standard InChI is InChI=1S/C16H15NO/c1-12-4-3-5-15(10-12)16(18-2)14-8-6-13(11-17)7-9-14/h3-10,16H,1-2H3. The van der Waals surface area contributed by atoms with Gasteiger partial charge in [0, 0.05) is 7.11 Å². The second-order valence-electron chi connectivity index (χ2n) is 4.26. The summed E-state index contributed by atoms with van der Waals surface area (Å²) in [6.07, 6.45) is -0.0855. The Labute approximate surface area is 107 Å². The Morgan fingerprint density at radius 2 is 1.78 bits per heavy atom. The van der Waals surface area contributed by atoms with Gasteiger partial charge in [0.1, 0.15) is 6.10 Å². The molecule has 2 aromatic carbocycles. The van der Waals surface area contributed by atoms with Crippen LogP contribution in [0.15, 0.2) is 48.5 Å². The number of nitriles is 1. The SMILES string of the molecule is COC(c1ccc(C#N)cc1)c1cccc(C)c1. The minimum Gasteiger partial charge on any atom is -0.372 e. The molecule has 0 spiro atoms. The van der Waals surface area contributed by atoms with Crippen molar-refractivity contribution in [3.8, 4) is 6.07 Å². The fraction of sp³-hybridized carbons (Fsp3) is 0.188. The van der Waals surface area contributed by atoms with Crippen molar-refractivity contribution in [3.05, 3.63) is 70.8 Å². The van der Waals surface area contributed by atoms with Crippen molar-refractivity contribution in [1.29, 1.82) is 5.26 Å². The van der Waals surface area contributed by atoms with E-state index in [9.17, 15) is 0 Å². The van der Waals surface area contributed by atoms with Gasteiger partial charge in [-0.05, 0) is 30.2 Å². The van der Waals surface area contributed by atoms with Crippen molar-refractivity contribution in [2.75, 3.05) is 7.11 Å². The van der Waals surface area contributed by atoms with Crippen LogP contribution in [0, 0.1) is 18.3 Å². The second-order valence-corrected chi connectivity index (χ2v) is 4.26. The minimum absolute atomic E-state index is 0.0855. The van der Waals surface area contributed by atoms with E-state index in [2.05, 4.69) is 31.2 Å². The van der Waals surface area contributed by atoms with E-state index in [1.54, 1.807) is 7.11 Å². The van der Waals surface area contributed by atoms with Crippen LogP contribution in [0.4, 0.5) is 0 Å². The quantitative estimate of drug-likeness (QED) is 0.817. The molecule has 90 valence electrons. The molecular weight excluding hydrogens is 222 g/mol. The fourth-order valence-corrected chi connectivity index (χ4v) is 2.03. The van der Waals surface area contributed by atoms with Gasteiger partial charge < -0.3 is 4.74 Å². The molecule has 0 aliphatic rings. The molecule has 18 heavy (non-hydrogen) atoms. The monoisotopic (exact) mass is 237 g/mol. The minimum atomic E-state index is -0.0855. The van der Waals surface area contributed by atoms with Gasteiger partial charge in [0.15, 0.2) is 0 Å². The Morgan fingerprint density at radius 3 is 2.33 bits per heavy atom. The Morgan fingerprint density at radius 1 is 1.06 bits per heavy atom. The molecule has 2 rings (SSSR count). The van der Waals surface area contributed by atoms with Crippen molar-refractivity contribution < 1.29 is 4.74 Å². The third kappa shape index (κ3) is 2.58. The van der Waals surface area contributed by atoms with Crippen molar-refractivity contribution in [2.45, 2.75) is 13.0 Å². The smallest absolute Gasteiger partial charge is 0.107 e. The highest BCUT2D eigenvalue weighted by Crippen LogP contribution is 2.26. The Kier molecular flexibility index (Phi) is 3.76. The number of nitrogens with zero attached hydrogens (tertiary/aromatic N) is 1. The van der Waals surface area contributed by atoms with Crippen LogP contribution < -0.4 is 0 Å². The summed E-state index contributed by atoms with van der Waals surface area (Å²) in [7, 11) is 1.70. The van der Waals surface area contributed by atoms with Gasteiger partial charge in [-0.2, -0.15) is 5.26 Å². The first-order chi connectivity index (χ1) is 8.74. The van der Waals surface area contributed by atoms with Gasteiger partial charge in [-0.25, -0.2) is 0 Å². The number of benzene rings is 2. The maximum absolute atomic E-state index is 8.80. The Balaban J connectivity index is 2.36. The molecule has 2 nitrogen and oxygen atoms in total. The first kappa shape index (κ1) is 12.3. The van der Waals surface area contributed by atoms with Crippen LogP contribution in [0.3, 0.4) is 0 Å². The van der Waals surface area contributed by atoms with Gasteiger partial charge >= 0.3 is 0 Å². The average molecular weight is 237 g/mol. The van der Waals surface area contributed by atoms with E-state index < -0.39 is 0 Å². The molecule has 0 aromatic heterocycles. The van der Waals surface area contributed by atoms with Crippen LogP contribution in [0.25, 0.3) is 0 Å². The van der Waals surface area contributed by atoms with Crippen molar-refractivity contribution >= 4 is 0 Å². The lowest BCUT2D eigenvalue weighted by Gasteiger charge is -2.16. The van der Waals surface area contributed by atoms with E-state index in [0.29, 0.717) is 5.56 Å². The van der Waals surface area contributed by atoms with E-state index in [4.69, 9.17) is 10.00 Å². The van der Waals surface area contributed by atoms with Crippen LogP contribution in [0.5, 0.6) is 0 Å². The fourth-order valence-electron chi connectivity index (χ4n) is 2.03. The van der Waals surface area contributed by atoms with Gasteiger partial charge in [-0.15, -0.1) is 0 Å². The van der Waals surface area contributed by atoms with Crippen LogP contribution in [-0.2, 0) is 4.74 Å². The molecule has 1 unspecified atom stereocenters. The van der Waals surface area contributed by atoms with Crippen LogP contribution in [0.2, 0.25) is 0 Å². The Bertz CT molecular complexity index is 566. The highest BCUT2D eigenvalue weighted by Gasteiger charge is 2.12. The molecule has 0 bridgehead atoms. The average Bonchev–Trinajstić information content (AvgIpc) is 2.40. The van der Waals surface area contributed by atoms with E-state index >= 15 is 0 Å². The highest BCUT2D eigenvalue weighted by atomic mass is 16.5. The lowest BCUT2D eigenvalue weighted by molar-refractivity contribution is 0.136. The number of hydrogen-bond donors (Lipinski definition) is 0. The molecule has 0 fully saturated rings. The molecule has 1 atom stereocenters. The van der Waals surface area contributed by atoms with E-state index in [1.165, 1.54) is 5.56 Å². The van der Waals surface area contributed by atoms with E-state index in [0.717, 1.165) is 11.1 Å². The molecule has 2 heteroatoms. The summed E-state index contributed by atoms with van der Waals surface area (Å²) in [6, 6.07) is 17.9. The van der Waals surface area contributed by atoms with E-state index in [1.807, 2.05) is 30.3 Å². The number of ether oxygens (including phenoxy) is 1. The Hall–Kier alpha value is -2.11. The summed E-state index contributed by atoms with van der Waals surface area (Å²) in [4.78, 5) is 0. The molecule has 2 aromatic rings. The maximum atomic E-state index is 8.80. The van der Waals surface area contributed by atoms with Crippen molar-refractivity contribution in [3.63, 3.8) is 0 Å². The zero-order chi connectivity index (χ0) is 13.0. The van der Waals surface area contributed by atoms with Gasteiger partial charge in [0.25, 0.3) is 0 Å². The summed E-state index contributed by atoms with van der Waals surface area (Å²) in [5.41, 5.74) is 4.06. The van der Waals surface area contributed by atoms with E-state index in [-0.39, 0.29) is 6.10 Å². The molecule has 0 saturated carbocycles. The molecule has 0 radical (unpaired) electrons. The summed E-state index contributed by atoms with van der Waals surface area (Å²) >= 11 is 0. The highest BCUT2D eigenvalue weighted by molar-refractivity contribution is 5.37. The summed E-state index contributed by atoms with van der Waals surface area (Å²) in [5.74, 6) is 0. The van der Waals surface area contributed by atoms with Gasteiger partial charge in [0.2, 0.25) is 0 Å². The molecule has 0 aliphatic heterocycles. The van der Waals surface area contributed by atoms with Gasteiger partial charge in [-0.1, -0.05) is 42.0 Å². The first-order valence-corrected chi connectivity index (χ1v) is 5.84. The van der Waals surface area contributed by atoms with Gasteiger partial charge in [-0.3, -0.25) is 0 Å². The van der Waals surface area contributed by atoms with Crippen molar-refractivity contribution in [1.82, 2.24) is 0 Å². The molecule has 0 aliphatic carbocycles.